The number of rotatable bonds is 2. The minimum Gasteiger partial charge on any atom is -0.440 e. The second-order valence-corrected chi connectivity index (χ2v) is 7.89. The van der Waals surface area contributed by atoms with E-state index in [1.807, 2.05) is 0 Å². The van der Waals surface area contributed by atoms with Crippen molar-refractivity contribution in [3.8, 4) is 0 Å². The Morgan fingerprint density at radius 1 is 1.14 bits per heavy atom. The van der Waals surface area contributed by atoms with Gasteiger partial charge in [-0.25, -0.2) is 4.98 Å². The molecule has 1 atom stereocenters. The molecule has 2 heterocycles. The van der Waals surface area contributed by atoms with Crippen LogP contribution in [0, 0.1) is 6.92 Å². The first-order valence-electron chi connectivity index (χ1n) is 7.87. The van der Waals surface area contributed by atoms with Crippen LogP contribution in [0.25, 0.3) is 16.8 Å². The van der Waals surface area contributed by atoms with Crippen molar-refractivity contribution in [2.45, 2.75) is 18.7 Å². The molecular weight excluding hydrogens is 484 g/mol. The first-order chi connectivity index (χ1) is 13.1. The van der Waals surface area contributed by atoms with Crippen molar-refractivity contribution in [2.75, 3.05) is 0 Å². The molecule has 1 aliphatic rings. The van der Waals surface area contributed by atoms with Gasteiger partial charge in [0.25, 0.3) is 0 Å². The molecule has 0 bridgehead atoms. The summed E-state index contributed by atoms with van der Waals surface area (Å²) in [6.07, 6.45) is -3.84. The zero-order valence-corrected chi connectivity index (χ0v) is 17.1. The molecule has 0 amide bonds. The molecule has 4 rings (SSSR count). The Labute approximate surface area is 175 Å². The Hall–Kier alpha value is -1.74. The normalized spacial score (nSPS) is 19.8. The molecule has 0 radical (unpaired) electrons. The van der Waals surface area contributed by atoms with Gasteiger partial charge in [0, 0.05) is 28.1 Å². The van der Waals surface area contributed by atoms with Gasteiger partial charge in [0.1, 0.15) is 5.52 Å². The molecular formula is C18H10BrCl2F3N2O2. The SMILES string of the molecule is Cc1nc2c(C3=CC(c4cc(Cl)cc(Cl)c4)(C(F)(F)F)ON3)ccc(Br)c2o1. The molecule has 1 aliphatic heterocycles. The van der Waals surface area contributed by atoms with Crippen LogP contribution in [0.5, 0.6) is 0 Å². The lowest BCUT2D eigenvalue weighted by atomic mass is 9.91. The maximum atomic E-state index is 14.1. The Morgan fingerprint density at radius 2 is 1.82 bits per heavy atom. The zero-order chi connectivity index (χ0) is 20.3. The number of aromatic nitrogens is 1. The number of halogens is 6. The smallest absolute Gasteiger partial charge is 0.428 e. The summed E-state index contributed by atoms with van der Waals surface area (Å²) >= 11 is 15.2. The summed E-state index contributed by atoms with van der Waals surface area (Å²) in [5.74, 6) is 0.381. The number of hydrogen-bond donors (Lipinski definition) is 1. The van der Waals surface area contributed by atoms with Gasteiger partial charge in [0.15, 0.2) is 11.5 Å². The summed E-state index contributed by atoms with van der Waals surface area (Å²) in [6, 6.07) is 6.96. The molecule has 4 nitrogen and oxygen atoms in total. The van der Waals surface area contributed by atoms with E-state index in [0.717, 1.165) is 6.08 Å². The summed E-state index contributed by atoms with van der Waals surface area (Å²) in [7, 11) is 0. The van der Waals surface area contributed by atoms with E-state index in [9.17, 15) is 13.2 Å². The third-order valence-electron chi connectivity index (χ3n) is 4.27. The largest absolute Gasteiger partial charge is 0.440 e. The van der Waals surface area contributed by atoms with Gasteiger partial charge in [-0.3, -0.25) is 10.3 Å². The lowest BCUT2D eigenvalue weighted by Gasteiger charge is -2.28. The van der Waals surface area contributed by atoms with Crippen molar-refractivity contribution in [2.24, 2.45) is 0 Å². The van der Waals surface area contributed by atoms with Gasteiger partial charge in [0.05, 0.1) is 10.2 Å². The summed E-state index contributed by atoms with van der Waals surface area (Å²) in [5.41, 5.74) is 0.690. The van der Waals surface area contributed by atoms with Gasteiger partial charge in [0.2, 0.25) is 5.60 Å². The van der Waals surface area contributed by atoms with Gasteiger partial charge >= 0.3 is 6.18 Å². The molecule has 0 fully saturated rings. The zero-order valence-electron chi connectivity index (χ0n) is 14.0. The van der Waals surface area contributed by atoms with Gasteiger partial charge in [-0.2, -0.15) is 13.2 Å². The minimum absolute atomic E-state index is 0.0646. The number of hydrogen-bond acceptors (Lipinski definition) is 4. The second-order valence-electron chi connectivity index (χ2n) is 6.16. The predicted octanol–water partition coefficient (Wildman–Crippen LogP) is 6.54. The van der Waals surface area contributed by atoms with Crippen molar-refractivity contribution in [3.63, 3.8) is 0 Å². The molecule has 28 heavy (non-hydrogen) atoms. The number of nitrogens with zero attached hydrogens (tertiary/aromatic N) is 1. The standard InChI is InChI=1S/C18H10BrCl2F3N2O2/c1-8-25-15-12(2-3-13(19)16(15)27-8)14-7-17(28-26-14,18(22,23)24)9-4-10(20)6-11(21)5-9/h2-7,26H,1H3. The highest BCUT2D eigenvalue weighted by molar-refractivity contribution is 9.10. The van der Waals surface area contributed by atoms with Crippen molar-refractivity contribution in [1.29, 1.82) is 0 Å². The number of alkyl halides is 3. The molecule has 2 aromatic carbocycles. The quantitative estimate of drug-likeness (QED) is 0.440. The molecule has 0 saturated heterocycles. The fourth-order valence-electron chi connectivity index (χ4n) is 3.04. The van der Waals surface area contributed by atoms with Gasteiger partial charge in [-0.1, -0.05) is 23.2 Å². The van der Waals surface area contributed by atoms with Crippen molar-refractivity contribution >= 4 is 55.9 Å². The predicted molar refractivity (Wildman–Crippen MR) is 103 cm³/mol. The molecule has 1 aromatic heterocycles. The molecule has 1 N–H and O–H groups in total. The fraction of sp³-hybridized carbons (Fsp3) is 0.167. The lowest BCUT2D eigenvalue weighted by Crippen LogP contribution is -2.42. The second kappa shape index (κ2) is 6.66. The van der Waals surface area contributed by atoms with E-state index in [0.29, 0.717) is 27.0 Å². The Bertz CT molecular complexity index is 1110. The number of oxazole rings is 1. The molecule has 0 saturated carbocycles. The third kappa shape index (κ3) is 3.08. The molecule has 0 aliphatic carbocycles. The highest BCUT2D eigenvalue weighted by Gasteiger charge is 2.59. The molecule has 146 valence electrons. The average Bonchev–Trinajstić information content (AvgIpc) is 3.19. The maximum Gasteiger partial charge on any atom is 0.428 e. The number of fused-ring (bicyclic) bond motifs is 1. The van der Waals surface area contributed by atoms with Crippen LogP contribution in [0.15, 0.2) is 45.3 Å². The monoisotopic (exact) mass is 492 g/mol. The minimum atomic E-state index is -4.79. The van der Waals surface area contributed by atoms with Gasteiger partial charge in [-0.05, 0) is 52.3 Å². The van der Waals surface area contributed by atoms with Gasteiger partial charge in [-0.15, -0.1) is 0 Å². The highest BCUT2D eigenvalue weighted by Crippen LogP contribution is 2.48. The molecule has 10 heteroatoms. The first-order valence-corrected chi connectivity index (χ1v) is 9.42. The summed E-state index contributed by atoms with van der Waals surface area (Å²) in [4.78, 5) is 9.37. The van der Waals surface area contributed by atoms with Crippen LogP contribution in [0.2, 0.25) is 10.0 Å². The highest BCUT2D eigenvalue weighted by atomic mass is 79.9. The summed E-state index contributed by atoms with van der Waals surface area (Å²) in [6.45, 7) is 1.65. The van der Waals surface area contributed by atoms with Crippen LogP contribution in [-0.2, 0) is 10.4 Å². The maximum absolute atomic E-state index is 14.1. The van der Waals surface area contributed by atoms with Crippen LogP contribution in [0.1, 0.15) is 17.0 Å². The van der Waals surface area contributed by atoms with E-state index >= 15 is 0 Å². The fourth-order valence-corrected chi connectivity index (χ4v) is 3.97. The number of benzene rings is 2. The van der Waals surface area contributed by atoms with Crippen molar-refractivity contribution in [3.05, 3.63) is 67.9 Å². The van der Waals surface area contributed by atoms with Crippen LogP contribution < -0.4 is 5.48 Å². The number of hydroxylamine groups is 1. The van der Waals surface area contributed by atoms with E-state index in [1.165, 1.54) is 18.2 Å². The number of aryl methyl sites for hydroxylation is 1. The third-order valence-corrected chi connectivity index (χ3v) is 5.34. The van der Waals surface area contributed by atoms with E-state index in [4.69, 9.17) is 32.5 Å². The molecule has 3 aromatic rings. The summed E-state index contributed by atoms with van der Waals surface area (Å²) in [5, 5.41) is 0.129. The first kappa shape index (κ1) is 19.6. The van der Waals surface area contributed by atoms with E-state index in [-0.39, 0.29) is 21.3 Å². The lowest BCUT2D eigenvalue weighted by molar-refractivity contribution is -0.269. The van der Waals surface area contributed by atoms with Crippen LogP contribution in [0.3, 0.4) is 0 Å². The molecule has 0 spiro atoms. The summed E-state index contributed by atoms with van der Waals surface area (Å²) < 4.78 is 48.5. The Balaban J connectivity index is 1.93. The topological polar surface area (TPSA) is 47.3 Å². The van der Waals surface area contributed by atoms with Crippen LogP contribution >= 0.6 is 39.1 Å². The van der Waals surface area contributed by atoms with E-state index < -0.39 is 11.8 Å². The Kier molecular flexibility index (Phi) is 4.65. The van der Waals surface area contributed by atoms with Crippen molar-refractivity contribution < 1.29 is 22.4 Å². The van der Waals surface area contributed by atoms with Crippen LogP contribution in [-0.4, -0.2) is 11.2 Å². The number of nitrogens with one attached hydrogen (secondary N) is 1. The Morgan fingerprint density at radius 3 is 2.46 bits per heavy atom. The average molecular weight is 494 g/mol. The van der Waals surface area contributed by atoms with E-state index in [2.05, 4.69) is 26.4 Å². The van der Waals surface area contributed by atoms with Gasteiger partial charge < -0.3 is 4.42 Å². The van der Waals surface area contributed by atoms with Crippen molar-refractivity contribution in [1.82, 2.24) is 10.5 Å². The van der Waals surface area contributed by atoms with Crippen LogP contribution in [0.4, 0.5) is 13.2 Å². The van der Waals surface area contributed by atoms with E-state index in [1.54, 1.807) is 19.1 Å². The molecule has 1 unspecified atom stereocenters.